The molecular weight excluding hydrogens is 182 g/mol. The molecule has 1 aliphatic carbocycles. The Bertz CT molecular complexity index is 337. The third kappa shape index (κ3) is 2.92. The zero-order valence-electron chi connectivity index (χ0n) is 9.66. The zero-order valence-corrected chi connectivity index (χ0v) is 9.66. The van der Waals surface area contributed by atoms with Crippen LogP contribution in [0.4, 0.5) is 0 Å². The van der Waals surface area contributed by atoms with Gasteiger partial charge in [0.05, 0.1) is 5.69 Å². The van der Waals surface area contributed by atoms with Crippen LogP contribution in [0.2, 0.25) is 0 Å². The molecule has 1 saturated carbocycles. The summed E-state index contributed by atoms with van der Waals surface area (Å²) in [6.45, 7) is 4.73. The van der Waals surface area contributed by atoms with E-state index in [2.05, 4.69) is 31.0 Å². The molecule has 0 atom stereocenters. The molecule has 1 aromatic heterocycles. The van der Waals surface area contributed by atoms with Gasteiger partial charge in [-0.15, -0.1) is 0 Å². The molecule has 1 heterocycles. The predicted octanol–water partition coefficient (Wildman–Crippen LogP) is 4.07. The van der Waals surface area contributed by atoms with Crippen molar-refractivity contribution in [1.82, 2.24) is 4.98 Å². The van der Waals surface area contributed by atoms with Crippen LogP contribution in [0, 0.1) is 5.41 Å². The Hall–Kier alpha value is -1.11. The molecule has 0 radical (unpaired) electrons. The van der Waals surface area contributed by atoms with Crippen LogP contribution in [0.15, 0.2) is 30.0 Å². The second-order valence-electron chi connectivity index (χ2n) is 5.22. The Morgan fingerprint density at radius 2 is 1.93 bits per heavy atom. The van der Waals surface area contributed by atoms with Gasteiger partial charge in [0.25, 0.3) is 0 Å². The summed E-state index contributed by atoms with van der Waals surface area (Å²) >= 11 is 0. The van der Waals surface area contributed by atoms with Crippen molar-refractivity contribution in [3.05, 3.63) is 35.7 Å². The molecule has 2 rings (SSSR count). The lowest BCUT2D eigenvalue weighted by Gasteiger charge is -2.30. The first-order valence-corrected chi connectivity index (χ1v) is 5.76. The minimum atomic E-state index is 0.543. The molecule has 1 aliphatic rings. The number of pyridine rings is 1. The van der Waals surface area contributed by atoms with E-state index < -0.39 is 0 Å². The van der Waals surface area contributed by atoms with Gasteiger partial charge in [0.15, 0.2) is 0 Å². The summed E-state index contributed by atoms with van der Waals surface area (Å²) in [6.07, 6.45) is 9.22. The van der Waals surface area contributed by atoms with Gasteiger partial charge in [-0.2, -0.15) is 0 Å². The van der Waals surface area contributed by atoms with Crippen LogP contribution >= 0.6 is 0 Å². The van der Waals surface area contributed by atoms with Crippen LogP contribution < -0.4 is 0 Å². The molecular formula is C14H19N. The summed E-state index contributed by atoms with van der Waals surface area (Å²) in [6, 6.07) is 6.09. The molecule has 1 nitrogen and oxygen atoms in total. The summed E-state index contributed by atoms with van der Waals surface area (Å²) in [4.78, 5) is 4.33. The summed E-state index contributed by atoms with van der Waals surface area (Å²) in [5, 5.41) is 0. The van der Waals surface area contributed by atoms with Crippen LogP contribution in [0.5, 0.6) is 0 Å². The van der Waals surface area contributed by atoms with Gasteiger partial charge >= 0.3 is 0 Å². The molecule has 0 bridgehead atoms. The lowest BCUT2D eigenvalue weighted by Crippen LogP contribution is -2.16. The van der Waals surface area contributed by atoms with Crippen LogP contribution in [0.25, 0.3) is 6.08 Å². The highest BCUT2D eigenvalue weighted by atomic mass is 14.6. The van der Waals surface area contributed by atoms with Crippen molar-refractivity contribution >= 4 is 6.08 Å². The van der Waals surface area contributed by atoms with E-state index in [1.807, 2.05) is 18.3 Å². The van der Waals surface area contributed by atoms with E-state index in [1.165, 1.54) is 25.7 Å². The maximum Gasteiger partial charge on any atom is 0.0629 e. The molecule has 15 heavy (non-hydrogen) atoms. The number of aromatic nitrogens is 1. The van der Waals surface area contributed by atoms with Gasteiger partial charge in [-0.3, -0.25) is 4.98 Å². The van der Waals surface area contributed by atoms with Gasteiger partial charge in [-0.05, 0) is 49.3 Å². The van der Waals surface area contributed by atoms with Crippen LogP contribution in [0.3, 0.4) is 0 Å². The van der Waals surface area contributed by atoms with Crippen molar-refractivity contribution < 1.29 is 0 Å². The van der Waals surface area contributed by atoms with Crippen molar-refractivity contribution in [3.8, 4) is 0 Å². The van der Waals surface area contributed by atoms with Crippen molar-refractivity contribution in [2.24, 2.45) is 5.41 Å². The lowest BCUT2D eigenvalue weighted by atomic mass is 9.75. The van der Waals surface area contributed by atoms with Crippen LogP contribution in [-0.4, -0.2) is 4.98 Å². The van der Waals surface area contributed by atoms with Crippen molar-refractivity contribution in [2.45, 2.75) is 39.5 Å². The molecule has 0 aliphatic heterocycles. The third-order valence-electron chi connectivity index (χ3n) is 3.29. The Morgan fingerprint density at radius 3 is 2.53 bits per heavy atom. The molecule has 0 spiro atoms. The Labute approximate surface area is 92.2 Å². The highest BCUT2D eigenvalue weighted by molar-refractivity contribution is 5.48. The Morgan fingerprint density at radius 1 is 1.20 bits per heavy atom. The van der Waals surface area contributed by atoms with Gasteiger partial charge in [-0.1, -0.05) is 25.5 Å². The summed E-state index contributed by atoms with van der Waals surface area (Å²) < 4.78 is 0. The second-order valence-corrected chi connectivity index (χ2v) is 5.22. The zero-order chi connectivity index (χ0) is 10.7. The van der Waals surface area contributed by atoms with E-state index in [0.29, 0.717) is 5.41 Å². The number of hydrogen-bond donors (Lipinski definition) is 0. The van der Waals surface area contributed by atoms with Gasteiger partial charge in [0.1, 0.15) is 0 Å². The Kier molecular flexibility index (Phi) is 2.90. The second kappa shape index (κ2) is 4.18. The molecule has 0 amide bonds. The van der Waals surface area contributed by atoms with Crippen LogP contribution in [-0.2, 0) is 0 Å². The minimum absolute atomic E-state index is 0.543. The largest absolute Gasteiger partial charge is 0.257 e. The molecule has 0 unspecified atom stereocenters. The van der Waals surface area contributed by atoms with Gasteiger partial charge in [0.2, 0.25) is 0 Å². The molecule has 0 aromatic carbocycles. The number of rotatable bonds is 1. The van der Waals surface area contributed by atoms with E-state index in [1.54, 1.807) is 5.57 Å². The average Bonchev–Trinajstić information content (AvgIpc) is 2.23. The van der Waals surface area contributed by atoms with Gasteiger partial charge < -0.3 is 0 Å². The van der Waals surface area contributed by atoms with Gasteiger partial charge in [0, 0.05) is 6.20 Å². The monoisotopic (exact) mass is 201 g/mol. The van der Waals surface area contributed by atoms with E-state index in [4.69, 9.17) is 0 Å². The maximum absolute atomic E-state index is 4.33. The fourth-order valence-corrected chi connectivity index (χ4v) is 2.06. The van der Waals surface area contributed by atoms with E-state index in [0.717, 1.165) is 5.69 Å². The standard InChI is InChI=1S/C14H19N/c1-14(2)8-6-12(7-9-14)11-13-5-3-4-10-15-13/h3-5,10-11H,6-9H2,1-2H3. The topological polar surface area (TPSA) is 12.9 Å². The third-order valence-corrected chi connectivity index (χ3v) is 3.29. The highest BCUT2D eigenvalue weighted by Crippen LogP contribution is 2.38. The molecule has 0 N–H and O–H groups in total. The molecule has 1 fully saturated rings. The van der Waals surface area contributed by atoms with Crippen molar-refractivity contribution in [1.29, 1.82) is 0 Å². The smallest absolute Gasteiger partial charge is 0.0629 e. The maximum atomic E-state index is 4.33. The van der Waals surface area contributed by atoms with Crippen molar-refractivity contribution in [3.63, 3.8) is 0 Å². The number of hydrogen-bond acceptors (Lipinski definition) is 1. The highest BCUT2D eigenvalue weighted by Gasteiger charge is 2.22. The first kappa shape index (κ1) is 10.4. The van der Waals surface area contributed by atoms with E-state index in [-0.39, 0.29) is 0 Å². The van der Waals surface area contributed by atoms with Crippen LogP contribution in [0.1, 0.15) is 45.2 Å². The first-order valence-electron chi connectivity index (χ1n) is 5.76. The van der Waals surface area contributed by atoms with E-state index in [9.17, 15) is 0 Å². The summed E-state index contributed by atoms with van der Waals surface area (Å²) in [7, 11) is 0. The fraction of sp³-hybridized carbons (Fsp3) is 0.500. The molecule has 0 saturated heterocycles. The molecule has 80 valence electrons. The fourth-order valence-electron chi connectivity index (χ4n) is 2.06. The minimum Gasteiger partial charge on any atom is -0.257 e. The molecule has 1 aromatic rings. The number of allylic oxidation sites excluding steroid dienone is 1. The number of nitrogens with zero attached hydrogens (tertiary/aromatic N) is 1. The summed E-state index contributed by atoms with van der Waals surface area (Å²) in [5.74, 6) is 0. The average molecular weight is 201 g/mol. The predicted molar refractivity (Wildman–Crippen MR) is 64.5 cm³/mol. The Balaban J connectivity index is 2.05. The summed E-state index contributed by atoms with van der Waals surface area (Å²) in [5.41, 5.74) is 3.21. The SMILES string of the molecule is CC1(C)CCC(=Cc2ccccn2)CC1. The van der Waals surface area contributed by atoms with E-state index >= 15 is 0 Å². The van der Waals surface area contributed by atoms with Crippen molar-refractivity contribution in [2.75, 3.05) is 0 Å². The lowest BCUT2D eigenvalue weighted by molar-refractivity contribution is 0.279. The normalized spacial score (nSPS) is 20.0. The van der Waals surface area contributed by atoms with Gasteiger partial charge in [-0.25, -0.2) is 0 Å². The quantitative estimate of drug-likeness (QED) is 0.667. The first-order chi connectivity index (χ1) is 7.16. The molecule has 1 heteroatoms.